The van der Waals surface area contributed by atoms with Crippen LogP contribution in [0.5, 0.6) is 0 Å². The van der Waals surface area contributed by atoms with Crippen LogP contribution in [0.1, 0.15) is 22.8 Å². The van der Waals surface area contributed by atoms with Gasteiger partial charge in [-0.1, -0.05) is 12.1 Å². The number of rotatable bonds is 6. The van der Waals surface area contributed by atoms with E-state index in [0.717, 1.165) is 5.56 Å². The number of ether oxygens (including phenoxy) is 2. The Balaban J connectivity index is 2.57. The molecule has 1 aromatic rings. The molecule has 1 N–H and O–H groups in total. The zero-order valence-electron chi connectivity index (χ0n) is 11.9. The largest absolute Gasteiger partial charge is 0.465 e. The van der Waals surface area contributed by atoms with Crippen LogP contribution in [0.3, 0.4) is 0 Å². The third-order valence-corrected chi connectivity index (χ3v) is 2.56. The minimum atomic E-state index is -0.383. The first kappa shape index (κ1) is 15.9. The Morgan fingerprint density at radius 1 is 1.25 bits per heavy atom. The number of nitrogens with one attached hydrogen (secondary N) is 1. The van der Waals surface area contributed by atoms with Crippen LogP contribution in [-0.4, -0.2) is 38.7 Å². The number of amides is 1. The van der Waals surface area contributed by atoms with Gasteiger partial charge < -0.3 is 14.8 Å². The van der Waals surface area contributed by atoms with E-state index < -0.39 is 0 Å². The van der Waals surface area contributed by atoms with Gasteiger partial charge in [-0.15, -0.1) is 0 Å². The molecule has 0 aromatic heterocycles. The smallest absolute Gasteiger partial charge is 0.337 e. The van der Waals surface area contributed by atoms with Gasteiger partial charge in [-0.3, -0.25) is 4.79 Å². The fourth-order valence-corrected chi connectivity index (χ4v) is 1.60. The second kappa shape index (κ2) is 8.12. The van der Waals surface area contributed by atoms with Crippen LogP contribution in [0, 0.1) is 0 Å². The summed E-state index contributed by atoms with van der Waals surface area (Å²) in [6.45, 7) is 2.33. The van der Waals surface area contributed by atoms with Crippen molar-refractivity contribution >= 4 is 18.0 Å². The van der Waals surface area contributed by atoms with Gasteiger partial charge in [0.1, 0.15) is 0 Å². The highest BCUT2D eigenvalue weighted by atomic mass is 16.5. The highest BCUT2D eigenvalue weighted by Gasteiger charge is 2.05. The lowest BCUT2D eigenvalue weighted by Crippen LogP contribution is -2.34. The topological polar surface area (TPSA) is 64.6 Å². The Morgan fingerprint density at radius 2 is 1.90 bits per heavy atom. The van der Waals surface area contributed by atoms with Gasteiger partial charge in [-0.25, -0.2) is 4.79 Å². The fourth-order valence-electron chi connectivity index (χ4n) is 1.60. The highest BCUT2D eigenvalue weighted by molar-refractivity contribution is 5.92. The van der Waals surface area contributed by atoms with E-state index in [-0.39, 0.29) is 17.9 Å². The summed E-state index contributed by atoms with van der Waals surface area (Å²) in [4.78, 5) is 22.9. The Kier molecular flexibility index (Phi) is 6.46. The summed E-state index contributed by atoms with van der Waals surface area (Å²) in [6, 6.07) is 6.75. The Hall–Kier alpha value is -2.14. The summed E-state index contributed by atoms with van der Waals surface area (Å²) in [6.07, 6.45) is 3.12. The Labute approximate surface area is 118 Å². The monoisotopic (exact) mass is 277 g/mol. The van der Waals surface area contributed by atoms with Crippen LogP contribution >= 0.6 is 0 Å². The molecule has 5 nitrogen and oxygen atoms in total. The zero-order valence-corrected chi connectivity index (χ0v) is 11.9. The third-order valence-electron chi connectivity index (χ3n) is 2.56. The molecule has 1 aromatic carbocycles. The molecular formula is C15H19NO4. The van der Waals surface area contributed by atoms with Crippen molar-refractivity contribution in [2.45, 2.75) is 13.0 Å². The number of carbonyl (C=O) groups excluding carboxylic acids is 2. The van der Waals surface area contributed by atoms with Crippen molar-refractivity contribution < 1.29 is 19.1 Å². The molecule has 0 aliphatic heterocycles. The van der Waals surface area contributed by atoms with Crippen molar-refractivity contribution in [3.8, 4) is 0 Å². The fraction of sp³-hybridized carbons (Fsp3) is 0.333. The van der Waals surface area contributed by atoms with Gasteiger partial charge in [-0.05, 0) is 30.7 Å². The van der Waals surface area contributed by atoms with Crippen molar-refractivity contribution in [2.24, 2.45) is 0 Å². The van der Waals surface area contributed by atoms with Gasteiger partial charge in [0.2, 0.25) is 5.91 Å². The van der Waals surface area contributed by atoms with E-state index in [0.29, 0.717) is 12.2 Å². The number of benzene rings is 1. The van der Waals surface area contributed by atoms with E-state index in [1.807, 2.05) is 6.92 Å². The molecule has 1 unspecified atom stereocenters. The van der Waals surface area contributed by atoms with E-state index >= 15 is 0 Å². The number of methoxy groups -OCH3 is 2. The van der Waals surface area contributed by atoms with Gasteiger partial charge in [0, 0.05) is 19.2 Å². The van der Waals surface area contributed by atoms with Crippen molar-refractivity contribution in [3.05, 3.63) is 41.5 Å². The molecule has 20 heavy (non-hydrogen) atoms. The molecule has 0 saturated heterocycles. The minimum absolute atomic E-state index is 0.0427. The molecule has 0 saturated carbocycles. The molecule has 0 fully saturated rings. The first-order valence-corrected chi connectivity index (χ1v) is 6.22. The van der Waals surface area contributed by atoms with Gasteiger partial charge >= 0.3 is 5.97 Å². The van der Waals surface area contributed by atoms with Gasteiger partial charge in [0.05, 0.1) is 19.3 Å². The quantitative estimate of drug-likeness (QED) is 0.634. The summed E-state index contributed by atoms with van der Waals surface area (Å²) in [5.74, 6) is -0.571. The van der Waals surface area contributed by atoms with E-state index in [4.69, 9.17) is 4.74 Å². The average Bonchev–Trinajstić information content (AvgIpc) is 2.45. The molecule has 1 amide bonds. The SMILES string of the molecule is COCC(C)NC(=O)C=Cc1ccc(C(=O)OC)cc1. The van der Waals surface area contributed by atoms with Crippen molar-refractivity contribution in [2.75, 3.05) is 20.8 Å². The molecule has 0 aliphatic carbocycles. The van der Waals surface area contributed by atoms with Crippen LogP contribution in [0.25, 0.3) is 6.08 Å². The van der Waals surface area contributed by atoms with Crippen LogP contribution in [0.2, 0.25) is 0 Å². The predicted molar refractivity (Wildman–Crippen MR) is 76.3 cm³/mol. The number of hydrogen-bond donors (Lipinski definition) is 1. The molecule has 1 rings (SSSR count). The lowest BCUT2D eigenvalue weighted by molar-refractivity contribution is -0.117. The Bertz CT molecular complexity index is 479. The molecule has 0 aliphatic rings. The minimum Gasteiger partial charge on any atom is -0.465 e. The maximum absolute atomic E-state index is 11.6. The van der Waals surface area contributed by atoms with Crippen molar-refractivity contribution in [1.29, 1.82) is 0 Å². The van der Waals surface area contributed by atoms with Crippen LogP contribution < -0.4 is 5.32 Å². The molecule has 0 radical (unpaired) electrons. The zero-order chi connectivity index (χ0) is 15.0. The van der Waals surface area contributed by atoms with Gasteiger partial charge in [-0.2, -0.15) is 0 Å². The average molecular weight is 277 g/mol. The molecule has 0 heterocycles. The lowest BCUT2D eigenvalue weighted by Gasteiger charge is -2.10. The van der Waals surface area contributed by atoms with E-state index in [2.05, 4.69) is 10.1 Å². The molecule has 1 atom stereocenters. The van der Waals surface area contributed by atoms with E-state index in [9.17, 15) is 9.59 Å². The highest BCUT2D eigenvalue weighted by Crippen LogP contribution is 2.07. The van der Waals surface area contributed by atoms with Crippen LogP contribution in [0.15, 0.2) is 30.3 Å². The van der Waals surface area contributed by atoms with Crippen LogP contribution in [0.4, 0.5) is 0 Å². The second-order valence-electron chi connectivity index (χ2n) is 4.31. The second-order valence-corrected chi connectivity index (χ2v) is 4.31. The standard InChI is InChI=1S/C15H19NO4/c1-11(10-19-2)16-14(17)9-6-12-4-7-13(8-5-12)15(18)20-3/h4-9,11H,10H2,1-3H3,(H,16,17). The molecule has 0 spiro atoms. The molecule has 5 heteroatoms. The summed E-state index contributed by atoms with van der Waals surface area (Å²) in [5.41, 5.74) is 1.30. The summed E-state index contributed by atoms with van der Waals surface area (Å²) >= 11 is 0. The first-order valence-electron chi connectivity index (χ1n) is 6.22. The van der Waals surface area contributed by atoms with Crippen LogP contribution in [-0.2, 0) is 14.3 Å². The first-order chi connectivity index (χ1) is 9.56. The van der Waals surface area contributed by atoms with Crippen molar-refractivity contribution in [1.82, 2.24) is 5.32 Å². The molecule has 0 bridgehead atoms. The molecule has 108 valence electrons. The summed E-state index contributed by atoms with van der Waals surface area (Å²) < 4.78 is 9.54. The normalized spacial score (nSPS) is 12.2. The van der Waals surface area contributed by atoms with Gasteiger partial charge in [0.15, 0.2) is 0 Å². The maximum atomic E-state index is 11.6. The molecular weight excluding hydrogens is 258 g/mol. The number of carbonyl (C=O) groups is 2. The summed E-state index contributed by atoms with van der Waals surface area (Å²) in [7, 11) is 2.92. The number of esters is 1. The van der Waals surface area contributed by atoms with Crippen molar-refractivity contribution in [3.63, 3.8) is 0 Å². The maximum Gasteiger partial charge on any atom is 0.337 e. The lowest BCUT2D eigenvalue weighted by atomic mass is 10.1. The summed E-state index contributed by atoms with van der Waals surface area (Å²) in [5, 5.41) is 2.76. The predicted octanol–water partition coefficient (Wildman–Crippen LogP) is 1.64. The Morgan fingerprint density at radius 3 is 2.45 bits per heavy atom. The number of hydrogen-bond acceptors (Lipinski definition) is 4. The van der Waals surface area contributed by atoms with Gasteiger partial charge in [0.25, 0.3) is 0 Å². The third kappa shape index (κ3) is 5.24. The van der Waals surface area contributed by atoms with E-state index in [1.54, 1.807) is 37.5 Å². The van der Waals surface area contributed by atoms with E-state index in [1.165, 1.54) is 13.2 Å².